The largest absolute Gasteiger partial charge is 0.481 e. The molecule has 4 nitrogen and oxygen atoms in total. The van der Waals surface area contributed by atoms with Gasteiger partial charge in [0.2, 0.25) is 0 Å². The number of carboxylic acid groups (broad SMARTS) is 1. The molecular formula is C11H23NO3. The lowest BCUT2D eigenvalue weighted by Crippen LogP contribution is -2.31. The van der Waals surface area contributed by atoms with Crippen molar-refractivity contribution in [2.24, 2.45) is 5.92 Å². The van der Waals surface area contributed by atoms with Crippen LogP contribution in [0.25, 0.3) is 0 Å². The van der Waals surface area contributed by atoms with Crippen LogP contribution in [0.15, 0.2) is 0 Å². The highest BCUT2D eigenvalue weighted by molar-refractivity contribution is 5.66. The summed E-state index contributed by atoms with van der Waals surface area (Å²) < 4.78 is 0. The molecule has 0 radical (unpaired) electrons. The van der Waals surface area contributed by atoms with Gasteiger partial charge in [-0.1, -0.05) is 13.3 Å². The summed E-state index contributed by atoms with van der Waals surface area (Å²) in [5.74, 6) is -0.256. The van der Waals surface area contributed by atoms with E-state index < -0.39 is 5.97 Å². The summed E-state index contributed by atoms with van der Waals surface area (Å²) in [4.78, 5) is 10.3. The lowest BCUT2D eigenvalue weighted by atomic mass is 10.0. The molecule has 0 amide bonds. The SMILES string of the molecule is CCC(CCO)CNC(C)CCC(=O)O. The topological polar surface area (TPSA) is 69.6 Å². The molecule has 0 spiro atoms. The van der Waals surface area contributed by atoms with E-state index >= 15 is 0 Å². The van der Waals surface area contributed by atoms with Gasteiger partial charge < -0.3 is 15.5 Å². The van der Waals surface area contributed by atoms with Crippen LogP contribution in [0.2, 0.25) is 0 Å². The number of aliphatic hydroxyl groups is 1. The van der Waals surface area contributed by atoms with Crippen molar-refractivity contribution in [2.45, 2.75) is 45.6 Å². The van der Waals surface area contributed by atoms with Gasteiger partial charge >= 0.3 is 5.97 Å². The number of aliphatic hydroxyl groups excluding tert-OH is 1. The third-order valence-electron chi connectivity index (χ3n) is 2.66. The molecule has 2 atom stereocenters. The fourth-order valence-corrected chi connectivity index (χ4v) is 1.44. The minimum absolute atomic E-state index is 0.213. The molecule has 15 heavy (non-hydrogen) atoms. The van der Waals surface area contributed by atoms with Gasteiger partial charge in [-0.05, 0) is 32.2 Å². The zero-order valence-electron chi connectivity index (χ0n) is 9.70. The minimum Gasteiger partial charge on any atom is -0.481 e. The minimum atomic E-state index is -0.744. The summed E-state index contributed by atoms with van der Waals surface area (Å²) in [7, 11) is 0. The molecule has 0 heterocycles. The number of rotatable bonds is 9. The maximum absolute atomic E-state index is 10.3. The Morgan fingerprint density at radius 2 is 2.07 bits per heavy atom. The van der Waals surface area contributed by atoms with Gasteiger partial charge in [0.15, 0.2) is 0 Å². The first-order chi connectivity index (χ1) is 7.10. The number of aliphatic carboxylic acids is 1. The summed E-state index contributed by atoms with van der Waals surface area (Å²) >= 11 is 0. The van der Waals surface area contributed by atoms with E-state index in [2.05, 4.69) is 12.2 Å². The Kier molecular flexibility index (Phi) is 8.33. The first-order valence-corrected chi connectivity index (χ1v) is 5.66. The highest BCUT2D eigenvalue weighted by Gasteiger charge is 2.09. The van der Waals surface area contributed by atoms with Crippen molar-refractivity contribution in [2.75, 3.05) is 13.2 Å². The molecule has 0 aromatic heterocycles. The van der Waals surface area contributed by atoms with E-state index in [0.717, 1.165) is 19.4 Å². The molecule has 0 aliphatic rings. The Morgan fingerprint density at radius 3 is 2.53 bits per heavy atom. The van der Waals surface area contributed by atoms with Gasteiger partial charge in [-0.3, -0.25) is 4.79 Å². The van der Waals surface area contributed by atoms with Gasteiger partial charge in [0, 0.05) is 19.1 Å². The normalized spacial score (nSPS) is 14.9. The summed E-state index contributed by atoms with van der Waals surface area (Å²) in [6.07, 6.45) is 2.73. The number of hydrogen-bond donors (Lipinski definition) is 3. The number of nitrogens with one attached hydrogen (secondary N) is 1. The maximum atomic E-state index is 10.3. The van der Waals surface area contributed by atoms with Gasteiger partial charge in [0.1, 0.15) is 0 Å². The summed E-state index contributed by atoms with van der Waals surface area (Å²) in [5, 5.41) is 20.6. The fraction of sp³-hybridized carbons (Fsp3) is 0.909. The highest BCUT2D eigenvalue weighted by Crippen LogP contribution is 2.07. The molecule has 3 N–H and O–H groups in total. The maximum Gasteiger partial charge on any atom is 0.303 e. The van der Waals surface area contributed by atoms with E-state index in [1.807, 2.05) is 6.92 Å². The number of hydrogen-bond acceptors (Lipinski definition) is 3. The van der Waals surface area contributed by atoms with Gasteiger partial charge in [-0.15, -0.1) is 0 Å². The number of carbonyl (C=O) groups is 1. The van der Waals surface area contributed by atoms with Crippen LogP contribution in [0.5, 0.6) is 0 Å². The molecule has 0 saturated carbocycles. The Morgan fingerprint density at radius 1 is 1.40 bits per heavy atom. The molecule has 0 rings (SSSR count). The van der Waals surface area contributed by atoms with Crippen LogP contribution < -0.4 is 5.32 Å². The van der Waals surface area contributed by atoms with Crippen LogP contribution in [0.1, 0.15) is 39.5 Å². The van der Waals surface area contributed by atoms with Crippen LogP contribution >= 0.6 is 0 Å². The van der Waals surface area contributed by atoms with E-state index in [1.54, 1.807) is 0 Å². The van der Waals surface area contributed by atoms with Gasteiger partial charge in [-0.25, -0.2) is 0 Å². The predicted octanol–water partition coefficient (Wildman–Crippen LogP) is 1.24. The van der Waals surface area contributed by atoms with E-state index in [0.29, 0.717) is 12.3 Å². The predicted molar refractivity (Wildman–Crippen MR) is 59.8 cm³/mol. The monoisotopic (exact) mass is 217 g/mol. The number of carboxylic acids is 1. The van der Waals surface area contributed by atoms with E-state index in [-0.39, 0.29) is 19.1 Å². The fourth-order valence-electron chi connectivity index (χ4n) is 1.44. The van der Waals surface area contributed by atoms with Crippen molar-refractivity contribution < 1.29 is 15.0 Å². The van der Waals surface area contributed by atoms with E-state index in [9.17, 15) is 4.79 Å². The first-order valence-electron chi connectivity index (χ1n) is 5.66. The molecule has 0 fully saturated rings. The average molecular weight is 217 g/mol. The third-order valence-corrected chi connectivity index (χ3v) is 2.66. The van der Waals surface area contributed by atoms with Crippen molar-refractivity contribution >= 4 is 5.97 Å². The smallest absolute Gasteiger partial charge is 0.303 e. The Hall–Kier alpha value is -0.610. The highest BCUT2D eigenvalue weighted by atomic mass is 16.4. The molecular weight excluding hydrogens is 194 g/mol. The van der Waals surface area contributed by atoms with Crippen LogP contribution in [0, 0.1) is 5.92 Å². The molecule has 0 saturated heterocycles. The summed E-state index contributed by atoms with van der Waals surface area (Å²) in [6.45, 7) is 5.18. The van der Waals surface area contributed by atoms with Gasteiger partial charge in [0.25, 0.3) is 0 Å². The Labute approximate surface area is 91.7 Å². The zero-order chi connectivity index (χ0) is 11.7. The van der Waals surface area contributed by atoms with Crippen LogP contribution in [-0.4, -0.2) is 35.4 Å². The second kappa shape index (κ2) is 8.68. The zero-order valence-corrected chi connectivity index (χ0v) is 9.70. The summed E-state index contributed by atoms with van der Waals surface area (Å²) in [6, 6.07) is 0.230. The van der Waals surface area contributed by atoms with Crippen molar-refractivity contribution in [3.05, 3.63) is 0 Å². The van der Waals surface area contributed by atoms with Crippen molar-refractivity contribution in [1.82, 2.24) is 5.32 Å². The Bertz CT molecular complexity index is 173. The molecule has 0 aliphatic carbocycles. The van der Waals surface area contributed by atoms with Gasteiger partial charge in [0.05, 0.1) is 0 Å². The van der Waals surface area contributed by atoms with E-state index in [1.165, 1.54) is 0 Å². The van der Waals surface area contributed by atoms with Crippen LogP contribution in [0.4, 0.5) is 0 Å². The molecule has 0 aromatic rings. The molecule has 0 aromatic carbocycles. The van der Waals surface area contributed by atoms with Crippen molar-refractivity contribution in [3.63, 3.8) is 0 Å². The molecule has 0 bridgehead atoms. The van der Waals surface area contributed by atoms with Crippen LogP contribution in [-0.2, 0) is 4.79 Å². The lowest BCUT2D eigenvalue weighted by molar-refractivity contribution is -0.137. The van der Waals surface area contributed by atoms with E-state index in [4.69, 9.17) is 10.2 Å². The van der Waals surface area contributed by atoms with Crippen molar-refractivity contribution in [1.29, 1.82) is 0 Å². The third kappa shape index (κ3) is 8.39. The molecule has 4 heteroatoms. The molecule has 2 unspecified atom stereocenters. The Balaban J connectivity index is 3.58. The quantitative estimate of drug-likeness (QED) is 0.543. The second-order valence-electron chi connectivity index (χ2n) is 4.03. The average Bonchev–Trinajstić information content (AvgIpc) is 2.21. The molecule has 90 valence electrons. The lowest BCUT2D eigenvalue weighted by Gasteiger charge is -2.18. The molecule has 0 aliphatic heterocycles. The second-order valence-corrected chi connectivity index (χ2v) is 4.03. The van der Waals surface area contributed by atoms with Crippen molar-refractivity contribution in [3.8, 4) is 0 Å². The standard InChI is InChI=1S/C11H23NO3/c1-3-10(6-7-13)8-12-9(2)4-5-11(14)15/h9-10,12-13H,3-8H2,1-2H3,(H,14,15). The van der Waals surface area contributed by atoms with Gasteiger partial charge in [-0.2, -0.15) is 0 Å². The summed E-state index contributed by atoms with van der Waals surface area (Å²) in [5.41, 5.74) is 0. The first kappa shape index (κ1) is 14.4. The van der Waals surface area contributed by atoms with Crippen LogP contribution in [0.3, 0.4) is 0 Å².